The molecule has 0 aliphatic carbocycles. The summed E-state index contributed by atoms with van der Waals surface area (Å²) in [4.78, 5) is 18.0. The minimum Gasteiger partial charge on any atom is -0.325 e. The van der Waals surface area contributed by atoms with Gasteiger partial charge in [-0.15, -0.1) is 16.4 Å². The zero-order valence-electron chi connectivity index (χ0n) is 14.2. The number of hydrogen-bond acceptors (Lipinski definition) is 5. The van der Waals surface area contributed by atoms with Gasteiger partial charge in [0.05, 0.1) is 5.25 Å². The number of carbonyl (C=O) groups excluding carboxylic acids is 1. The Hall–Kier alpha value is -2.12. The molecule has 0 fully saturated rings. The fourth-order valence-corrected chi connectivity index (χ4v) is 3.72. The van der Waals surface area contributed by atoms with Crippen LogP contribution in [0.1, 0.15) is 30.1 Å². The average molecular weight is 373 g/mol. The van der Waals surface area contributed by atoms with Crippen LogP contribution in [-0.2, 0) is 17.6 Å². The summed E-state index contributed by atoms with van der Waals surface area (Å²) in [7, 11) is 0. The van der Waals surface area contributed by atoms with E-state index in [0.29, 0.717) is 5.16 Å². The van der Waals surface area contributed by atoms with Gasteiger partial charge < -0.3 is 5.32 Å². The van der Waals surface area contributed by atoms with Crippen LogP contribution in [0, 0.1) is 0 Å². The van der Waals surface area contributed by atoms with Gasteiger partial charge in [-0.25, -0.2) is 4.98 Å². The predicted octanol–water partition coefficient (Wildman–Crippen LogP) is 4.14. The van der Waals surface area contributed by atoms with Crippen LogP contribution in [0.5, 0.6) is 0 Å². The first kappa shape index (κ1) is 17.7. The summed E-state index contributed by atoms with van der Waals surface area (Å²) in [6, 6.07) is 12.0. The van der Waals surface area contributed by atoms with Gasteiger partial charge in [0.15, 0.2) is 0 Å². The molecule has 0 saturated carbocycles. The van der Waals surface area contributed by atoms with E-state index in [2.05, 4.69) is 33.5 Å². The number of aromatic amines is 1. The van der Waals surface area contributed by atoms with Crippen molar-refractivity contribution in [2.75, 3.05) is 5.32 Å². The zero-order valence-corrected chi connectivity index (χ0v) is 15.8. The summed E-state index contributed by atoms with van der Waals surface area (Å²) in [6.45, 7) is 3.96. The Kier molecular flexibility index (Phi) is 5.88. The Morgan fingerprint density at radius 1 is 1.32 bits per heavy atom. The Bertz CT molecular complexity index is 812. The number of carbonyl (C=O) groups is 1. The van der Waals surface area contributed by atoms with Crippen LogP contribution in [0.2, 0.25) is 0 Å². The van der Waals surface area contributed by atoms with E-state index < -0.39 is 0 Å². The fraction of sp³-hybridized carbons (Fsp3) is 0.278. The molecule has 0 aliphatic heterocycles. The molecular formula is C18H20N4OS2. The summed E-state index contributed by atoms with van der Waals surface area (Å²) in [5, 5.41) is 12.4. The van der Waals surface area contributed by atoms with E-state index in [1.807, 2.05) is 42.6 Å². The molecule has 1 atom stereocenters. The standard InChI is InChI=1S/C18H20N4OS2/c1-3-13-6-8-14(9-7-13)19-17(23)12(2)25-18-20-16(21-22-18)11-15-5-4-10-24-15/h4-10,12H,3,11H2,1-2H3,(H,19,23)(H,20,21,22). The van der Waals surface area contributed by atoms with Gasteiger partial charge in [-0.1, -0.05) is 36.9 Å². The van der Waals surface area contributed by atoms with Gasteiger partial charge in [-0.05, 0) is 42.5 Å². The lowest BCUT2D eigenvalue weighted by Gasteiger charge is -2.10. The number of anilines is 1. The minimum atomic E-state index is -0.281. The zero-order chi connectivity index (χ0) is 17.6. The van der Waals surface area contributed by atoms with Gasteiger partial charge in [0.2, 0.25) is 11.1 Å². The second-order valence-electron chi connectivity index (χ2n) is 5.62. The maximum atomic E-state index is 12.3. The lowest BCUT2D eigenvalue weighted by Crippen LogP contribution is -2.22. The molecule has 0 bridgehead atoms. The molecule has 25 heavy (non-hydrogen) atoms. The third-order valence-corrected chi connectivity index (χ3v) is 5.55. The van der Waals surface area contributed by atoms with E-state index in [1.54, 1.807) is 11.3 Å². The van der Waals surface area contributed by atoms with Crippen LogP contribution in [0.15, 0.2) is 46.9 Å². The van der Waals surface area contributed by atoms with Crippen LogP contribution in [0.25, 0.3) is 0 Å². The molecule has 1 unspecified atom stereocenters. The van der Waals surface area contributed by atoms with Crippen molar-refractivity contribution in [1.29, 1.82) is 0 Å². The van der Waals surface area contributed by atoms with Crippen molar-refractivity contribution in [3.8, 4) is 0 Å². The largest absolute Gasteiger partial charge is 0.325 e. The summed E-state index contributed by atoms with van der Waals surface area (Å²) >= 11 is 3.04. The number of H-pyrrole nitrogens is 1. The molecule has 1 aromatic carbocycles. The third kappa shape index (κ3) is 4.93. The second-order valence-corrected chi connectivity index (χ2v) is 7.96. The molecule has 1 amide bonds. The van der Waals surface area contributed by atoms with Gasteiger partial charge >= 0.3 is 0 Å². The van der Waals surface area contributed by atoms with Crippen LogP contribution in [0.3, 0.4) is 0 Å². The molecule has 3 aromatic rings. The highest BCUT2D eigenvalue weighted by molar-refractivity contribution is 8.00. The molecule has 3 rings (SSSR count). The summed E-state index contributed by atoms with van der Waals surface area (Å²) in [5.74, 6) is 0.756. The van der Waals surface area contributed by atoms with Crippen molar-refractivity contribution < 1.29 is 4.79 Å². The molecule has 0 spiro atoms. The minimum absolute atomic E-state index is 0.0566. The molecule has 2 N–H and O–H groups in total. The monoisotopic (exact) mass is 372 g/mol. The van der Waals surface area contributed by atoms with E-state index >= 15 is 0 Å². The molecule has 0 aliphatic rings. The number of thiophene rings is 1. The molecule has 7 heteroatoms. The second kappa shape index (κ2) is 8.31. The molecular weight excluding hydrogens is 352 g/mol. The van der Waals surface area contributed by atoms with Crippen molar-refractivity contribution in [3.63, 3.8) is 0 Å². The number of nitrogens with zero attached hydrogens (tertiary/aromatic N) is 2. The Morgan fingerprint density at radius 2 is 2.12 bits per heavy atom. The van der Waals surface area contributed by atoms with E-state index in [0.717, 1.165) is 24.4 Å². The summed E-state index contributed by atoms with van der Waals surface area (Å²) in [6.07, 6.45) is 1.72. The smallest absolute Gasteiger partial charge is 0.237 e. The molecule has 2 heterocycles. The number of hydrogen-bond donors (Lipinski definition) is 2. The van der Waals surface area contributed by atoms with Crippen molar-refractivity contribution in [2.45, 2.75) is 37.1 Å². The van der Waals surface area contributed by atoms with Crippen molar-refractivity contribution in [2.24, 2.45) is 0 Å². The molecule has 0 radical (unpaired) electrons. The highest BCUT2D eigenvalue weighted by Gasteiger charge is 2.17. The van der Waals surface area contributed by atoms with Crippen molar-refractivity contribution in [1.82, 2.24) is 15.2 Å². The molecule has 130 valence electrons. The highest BCUT2D eigenvalue weighted by Crippen LogP contribution is 2.22. The fourth-order valence-electron chi connectivity index (χ4n) is 2.27. The predicted molar refractivity (Wildman–Crippen MR) is 103 cm³/mol. The summed E-state index contributed by atoms with van der Waals surface area (Å²) in [5.41, 5.74) is 2.06. The normalized spacial score (nSPS) is 12.1. The molecule has 2 aromatic heterocycles. The lowest BCUT2D eigenvalue weighted by atomic mass is 10.1. The van der Waals surface area contributed by atoms with E-state index in [1.165, 1.54) is 22.2 Å². The maximum Gasteiger partial charge on any atom is 0.237 e. The number of rotatable bonds is 7. The topological polar surface area (TPSA) is 70.7 Å². The molecule has 5 nitrogen and oxygen atoms in total. The average Bonchev–Trinajstić information content (AvgIpc) is 3.28. The van der Waals surface area contributed by atoms with Crippen molar-refractivity contribution >= 4 is 34.7 Å². The van der Waals surface area contributed by atoms with Crippen molar-refractivity contribution in [3.05, 3.63) is 58.0 Å². The maximum absolute atomic E-state index is 12.3. The first-order chi connectivity index (χ1) is 12.1. The van der Waals surface area contributed by atoms with Gasteiger partial charge in [0.25, 0.3) is 0 Å². The van der Waals surface area contributed by atoms with E-state index in [4.69, 9.17) is 0 Å². The Morgan fingerprint density at radius 3 is 2.80 bits per heavy atom. The van der Waals surface area contributed by atoms with Gasteiger partial charge in [-0.2, -0.15) is 0 Å². The number of aromatic nitrogens is 3. The van der Waals surface area contributed by atoms with Gasteiger partial charge in [0.1, 0.15) is 5.82 Å². The number of aryl methyl sites for hydroxylation is 1. The van der Waals surface area contributed by atoms with Gasteiger partial charge in [0, 0.05) is 17.0 Å². The van der Waals surface area contributed by atoms with Crippen LogP contribution < -0.4 is 5.32 Å². The Balaban J connectivity index is 1.54. The Labute approximate surface area is 155 Å². The van der Waals surface area contributed by atoms with E-state index in [9.17, 15) is 4.79 Å². The quantitative estimate of drug-likeness (QED) is 0.612. The van der Waals surface area contributed by atoms with Crippen LogP contribution in [0.4, 0.5) is 5.69 Å². The third-order valence-electron chi connectivity index (χ3n) is 3.71. The highest BCUT2D eigenvalue weighted by atomic mass is 32.2. The lowest BCUT2D eigenvalue weighted by molar-refractivity contribution is -0.115. The number of thioether (sulfide) groups is 1. The van der Waals surface area contributed by atoms with Gasteiger partial charge in [-0.3, -0.25) is 9.89 Å². The number of nitrogens with one attached hydrogen (secondary N) is 2. The molecule has 0 saturated heterocycles. The number of benzene rings is 1. The van der Waals surface area contributed by atoms with E-state index in [-0.39, 0.29) is 11.2 Å². The first-order valence-corrected chi connectivity index (χ1v) is 9.90. The SMILES string of the molecule is CCc1ccc(NC(=O)C(C)Sc2n[nH]c(Cc3cccs3)n2)cc1. The van der Waals surface area contributed by atoms with Crippen LogP contribution >= 0.6 is 23.1 Å². The summed E-state index contributed by atoms with van der Waals surface area (Å²) < 4.78 is 0. The first-order valence-electron chi connectivity index (χ1n) is 8.14. The van der Waals surface area contributed by atoms with Crippen LogP contribution in [-0.4, -0.2) is 26.3 Å². The number of amides is 1.